The van der Waals surface area contributed by atoms with Crippen molar-refractivity contribution < 1.29 is 0 Å². The van der Waals surface area contributed by atoms with E-state index in [0.717, 1.165) is 11.7 Å². The molecular formula is C14H21N3. The molecule has 1 atom stereocenters. The fraction of sp³-hybridized carbons (Fsp3) is 0.643. The average molecular weight is 231 g/mol. The molecule has 0 N–H and O–H groups in total. The first-order valence-corrected chi connectivity index (χ1v) is 6.74. The third-order valence-electron chi connectivity index (χ3n) is 4.08. The van der Waals surface area contributed by atoms with Gasteiger partial charge in [0.1, 0.15) is 0 Å². The van der Waals surface area contributed by atoms with Crippen LogP contribution in [0.2, 0.25) is 0 Å². The molecule has 2 aliphatic heterocycles. The number of aromatic nitrogens is 1. The number of piperidine rings is 1. The lowest BCUT2D eigenvalue weighted by Gasteiger charge is -2.44. The summed E-state index contributed by atoms with van der Waals surface area (Å²) in [5.74, 6) is 0. The second-order valence-electron chi connectivity index (χ2n) is 5.29. The molecule has 0 radical (unpaired) electrons. The highest BCUT2D eigenvalue weighted by Crippen LogP contribution is 2.24. The number of hydrogen-bond donors (Lipinski definition) is 0. The maximum atomic E-state index is 4.28. The molecule has 0 aromatic carbocycles. The molecule has 3 heteroatoms. The second-order valence-corrected chi connectivity index (χ2v) is 5.29. The highest BCUT2D eigenvalue weighted by atomic mass is 15.3. The first-order chi connectivity index (χ1) is 8.33. The number of piperazine rings is 1. The lowest BCUT2D eigenvalue weighted by Crippen LogP contribution is -2.54. The third kappa shape index (κ3) is 2.29. The number of rotatable bonds is 1. The number of nitrogens with zero attached hydrogens (tertiary/aromatic N) is 3. The van der Waals surface area contributed by atoms with E-state index >= 15 is 0 Å². The number of anilines is 1. The number of aryl methyl sites for hydroxylation is 1. The van der Waals surface area contributed by atoms with E-state index in [4.69, 9.17) is 0 Å². The summed E-state index contributed by atoms with van der Waals surface area (Å²) in [6.45, 7) is 6.98. The summed E-state index contributed by atoms with van der Waals surface area (Å²) in [7, 11) is 0. The Morgan fingerprint density at radius 2 is 2.18 bits per heavy atom. The number of pyridine rings is 1. The molecule has 1 aromatic rings. The van der Waals surface area contributed by atoms with Crippen LogP contribution in [0.3, 0.4) is 0 Å². The van der Waals surface area contributed by atoms with Gasteiger partial charge in [0, 0.05) is 43.3 Å². The van der Waals surface area contributed by atoms with Gasteiger partial charge in [-0.15, -0.1) is 0 Å². The minimum atomic E-state index is 0.783. The zero-order valence-corrected chi connectivity index (χ0v) is 10.6. The predicted octanol–water partition coefficient (Wildman–Crippen LogP) is 2.06. The molecule has 0 spiro atoms. The lowest BCUT2D eigenvalue weighted by atomic mass is 9.99. The van der Waals surface area contributed by atoms with Crippen molar-refractivity contribution in [2.45, 2.75) is 32.2 Å². The average Bonchev–Trinajstić information content (AvgIpc) is 2.38. The van der Waals surface area contributed by atoms with Crippen LogP contribution in [0.15, 0.2) is 18.3 Å². The largest absolute Gasteiger partial charge is 0.369 e. The molecule has 1 aromatic heterocycles. The number of fused-ring (bicyclic) bond motifs is 1. The summed E-state index contributed by atoms with van der Waals surface area (Å²) >= 11 is 0. The van der Waals surface area contributed by atoms with Crippen LogP contribution in [0.25, 0.3) is 0 Å². The Morgan fingerprint density at radius 1 is 1.24 bits per heavy atom. The molecule has 0 saturated carbocycles. The minimum absolute atomic E-state index is 0.783. The van der Waals surface area contributed by atoms with Crippen LogP contribution in [0.5, 0.6) is 0 Å². The highest BCUT2D eigenvalue weighted by Gasteiger charge is 2.28. The van der Waals surface area contributed by atoms with Crippen molar-refractivity contribution >= 4 is 5.69 Å². The first kappa shape index (κ1) is 11.0. The molecule has 3 heterocycles. The fourth-order valence-electron chi connectivity index (χ4n) is 3.12. The standard InChI is InChI=1S/C14H21N3/c1-12-10-13(5-6-15-12)17-9-8-16-7-3-2-4-14(16)11-17/h5-6,10,14H,2-4,7-9,11H2,1H3. The zero-order chi connectivity index (χ0) is 11.7. The molecule has 2 fully saturated rings. The van der Waals surface area contributed by atoms with E-state index in [1.54, 1.807) is 0 Å². The minimum Gasteiger partial charge on any atom is -0.369 e. The zero-order valence-electron chi connectivity index (χ0n) is 10.6. The Balaban J connectivity index is 1.73. The molecule has 2 saturated heterocycles. The Bertz CT molecular complexity index is 391. The van der Waals surface area contributed by atoms with Crippen molar-refractivity contribution in [1.82, 2.24) is 9.88 Å². The van der Waals surface area contributed by atoms with Crippen LogP contribution in [0.4, 0.5) is 5.69 Å². The number of hydrogen-bond acceptors (Lipinski definition) is 3. The van der Waals surface area contributed by atoms with E-state index in [2.05, 4.69) is 33.8 Å². The van der Waals surface area contributed by atoms with Gasteiger partial charge in [-0.1, -0.05) is 6.42 Å². The summed E-state index contributed by atoms with van der Waals surface area (Å²) in [4.78, 5) is 9.48. The molecular weight excluding hydrogens is 210 g/mol. The molecule has 0 amide bonds. The molecule has 17 heavy (non-hydrogen) atoms. The molecule has 3 nitrogen and oxygen atoms in total. The van der Waals surface area contributed by atoms with Gasteiger partial charge in [-0.2, -0.15) is 0 Å². The van der Waals surface area contributed by atoms with Gasteiger partial charge in [0.25, 0.3) is 0 Å². The normalized spacial score (nSPS) is 25.7. The maximum Gasteiger partial charge on any atom is 0.0400 e. The summed E-state index contributed by atoms with van der Waals surface area (Å²) in [5.41, 5.74) is 2.47. The van der Waals surface area contributed by atoms with Gasteiger partial charge < -0.3 is 4.90 Å². The van der Waals surface area contributed by atoms with Crippen molar-refractivity contribution in [1.29, 1.82) is 0 Å². The van der Waals surface area contributed by atoms with Crippen molar-refractivity contribution in [2.24, 2.45) is 0 Å². The summed E-state index contributed by atoms with van der Waals surface area (Å²) in [5, 5.41) is 0. The molecule has 3 rings (SSSR count). The van der Waals surface area contributed by atoms with E-state index in [9.17, 15) is 0 Å². The molecule has 0 bridgehead atoms. The summed E-state index contributed by atoms with van der Waals surface area (Å²) in [6, 6.07) is 5.13. The molecule has 92 valence electrons. The Labute approximate surface area is 103 Å². The van der Waals surface area contributed by atoms with Gasteiger partial charge in [0.2, 0.25) is 0 Å². The predicted molar refractivity (Wildman–Crippen MR) is 70.4 cm³/mol. The fourth-order valence-corrected chi connectivity index (χ4v) is 3.12. The van der Waals surface area contributed by atoms with Crippen LogP contribution in [-0.4, -0.2) is 42.1 Å². The van der Waals surface area contributed by atoms with Gasteiger partial charge in [0.05, 0.1) is 0 Å². The Kier molecular flexibility index (Phi) is 3.02. The van der Waals surface area contributed by atoms with E-state index in [1.807, 2.05) is 6.20 Å². The SMILES string of the molecule is Cc1cc(N2CCN3CCCCC3C2)ccn1. The summed E-state index contributed by atoms with van der Waals surface area (Å²) < 4.78 is 0. The monoisotopic (exact) mass is 231 g/mol. The maximum absolute atomic E-state index is 4.28. The smallest absolute Gasteiger partial charge is 0.0400 e. The highest BCUT2D eigenvalue weighted by molar-refractivity contribution is 5.47. The lowest BCUT2D eigenvalue weighted by molar-refractivity contribution is 0.133. The van der Waals surface area contributed by atoms with Crippen LogP contribution in [0, 0.1) is 6.92 Å². The Hall–Kier alpha value is -1.09. The van der Waals surface area contributed by atoms with Crippen molar-refractivity contribution in [3.8, 4) is 0 Å². The third-order valence-corrected chi connectivity index (χ3v) is 4.08. The van der Waals surface area contributed by atoms with Crippen molar-refractivity contribution in [2.75, 3.05) is 31.1 Å². The van der Waals surface area contributed by atoms with Crippen LogP contribution >= 0.6 is 0 Å². The van der Waals surface area contributed by atoms with Gasteiger partial charge in [-0.05, 0) is 38.4 Å². The van der Waals surface area contributed by atoms with Crippen LogP contribution in [0.1, 0.15) is 25.0 Å². The molecule has 2 aliphatic rings. The van der Waals surface area contributed by atoms with Gasteiger partial charge >= 0.3 is 0 Å². The van der Waals surface area contributed by atoms with Crippen molar-refractivity contribution in [3.63, 3.8) is 0 Å². The van der Waals surface area contributed by atoms with E-state index in [0.29, 0.717) is 0 Å². The second kappa shape index (κ2) is 4.65. The van der Waals surface area contributed by atoms with E-state index in [-0.39, 0.29) is 0 Å². The van der Waals surface area contributed by atoms with Gasteiger partial charge in [0.15, 0.2) is 0 Å². The van der Waals surface area contributed by atoms with Crippen LogP contribution < -0.4 is 4.90 Å². The molecule has 0 aliphatic carbocycles. The quantitative estimate of drug-likeness (QED) is 0.737. The summed E-state index contributed by atoms with van der Waals surface area (Å²) in [6.07, 6.45) is 6.10. The molecule has 1 unspecified atom stereocenters. The van der Waals surface area contributed by atoms with E-state index < -0.39 is 0 Å². The Morgan fingerprint density at radius 3 is 3.06 bits per heavy atom. The van der Waals surface area contributed by atoms with Crippen molar-refractivity contribution in [3.05, 3.63) is 24.0 Å². The van der Waals surface area contributed by atoms with E-state index in [1.165, 1.54) is 51.1 Å². The topological polar surface area (TPSA) is 19.4 Å². The van der Waals surface area contributed by atoms with Gasteiger partial charge in [-0.25, -0.2) is 0 Å². The first-order valence-electron chi connectivity index (χ1n) is 6.74. The van der Waals surface area contributed by atoms with Crippen LogP contribution in [-0.2, 0) is 0 Å². The van der Waals surface area contributed by atoms with Gasteiger partial charge in [-0.3, -0.25) is 9.88 Å².